The van der Waals surface area contributed by atoms with Crippen LogP contribution >= 0.6 is 11.6 Å². The summed E-state index contributed by atoms with van der Waals surface area (Å²) in [6, 6.07) is 11.5. The van der Waals surface area contributed by atoms with Gasteiger partial charge < -0.3 is 9.64 Å². The van der Waals surface area contributed by atoms with Crippen LogP contribution < -0.4 is 0 Å². The molecule has 8 nitrogen and oxygen atoms in total. The number of hydrogen-bond donors (Lipinski definition) is 0. The van der Waals surface area contributed by atoms with Crippen LogP contribution in [-0.2, 0) is 29.0 Å². The Morgan fingerprint density at radius 1 is 1.06 bits per heavy atom. The predicted octanol–water partition coefficient (Wildman–Crippen LogP) is 2.52. The molecule has 0 N–H and O–H groups in total. The Labute approximate surface area is 196 Å². The molecule has 33 heavy (non-hydrogen) atoms. The van der Waals surface area contributed by atoms with E-state index in [1.165, 1.54) is 6.33 Å². The lowest BCUT2D eigenvalue weighted by atomic mass is 10.0. The first-order chi connectivity index (χ1) is 16.1. The van der Waals surface area contributed by atoms with Gasteiger partial charge in [-0.15, -0.1) is 0 Å². The number of amides is 1. The number of carbonyl (C=O) groups excluding carboxylic acids is 2. The van der Waals surface area contributed by atoms with E-state index in [9.17, 15) is 9.59 Å². The molecule has 0 bridgehead atoms. The van der Waals surface area contributed by atoms with E-state index in [1.54, 1.807) is 17.1 Å². The molecule has 5 rings (SSSR count). The first-order valence-electron chi connectivity index (χ1n) is 11.0. The van der Waals surface area contributed by atoms with Gasteiger partial charge in [0.15, 0.2) is 0 Å². The summed E-state index contributed by atoms with van der Waals surface area (Å²) in [4.78, 5) is 32.7. The minimum absolute atomic E-state index is 0.148. The molecule has 0 spiro atoms. The zero-order valence-corrected chi connectivity index (χ0v) is 18.9. The minimum atomic E-state index is -0.301. The summed E-state index contributed by atoms with van der Waals surface area (Å²) in [5, 5.41) is 4.76. The number of rotatable bonds is 6. The maximum absolute atomic E-state index is 12.8. The zero-order chi connectivity index (χ0) is 22.8. The number of halogens is 1. The average Bonchev–Trinajstić information content (AvgIpc) is 3.50. The number of aromatic nitrogens is 3. The van der Waals surface area contributed by atoms with Crippen LogP contribution in [0.15, 0.2) is 49.1 Å². The van der Waals surface area contributed by atoms with E-state index in [1.807, 2.05) is 35.2 Å². The predicted molar refractivity (Wildman–Crippen MR) is 122 cm³/mol. The number of cyclic esters (lactones) is 1. The lowest BCUT2D eigenvalue weighted by Gasteiger charge is -2.35. The van der Waals surface area contributed by atoms with Crippen LogP contribution in [0.3, 0.4) is 0 Å². The van der Waals surface area contributed by atoms with Crippen molar-refractivity contribution in [3.63, 3.8) is 0 Å². The Morgan fingerprint density at radius 3 is 2.58 bits per heavy atom. The summed E-state index contributed by atoms with van der Waals surface area (Å²) in [7, 11) is 0. The van der Waals surface area contributed by atoms with Gasteiger partial charge in [0.1, 0.15) is 19.3 Å². The van der Waals surface area contributed by atoms with Gasteiger partial charge in [0, 0.05) is 38.3 Å². The van der Waals surface area contributed by atoms with Crippen LogP contribution in [0.2, 0.25) is 5.02 Å². The monoisotopic (exact) mass is 465 g/mol. The van der Waals surface area contributed by atoms with Crippen LogP contribution in [0.4, 0.5) is 0 Å². The highest BCUT2D eigenvalue weighted by Crippen LogP contribution is 2.30. The topological polar surface area (TPSA) is 80.6 Å². The molecule has 0 atom stereocenters. The molecule has 0 aliphatic carbocycles. The van der Waals surface area contributed by atoms with Gasteiger partial charge in [-0.2, -0.15) is 5.10 Å². The molecule has 3 heterocycles. The summed E-state index contributed by atoms with van der Waals surface area (Å²) < 4.78 is 6.76. The molecule has 0 radical (unpaired) electrons. The molecule has 170 valence electrons. The Kier molecular flexibility index (Phi) is 6.11. The van der Waals surface area contributed by atoms with Crippen LogP contribution in [0, 0.1) is 0 Å². The fourth-order valence-electron chi connectivity index (χ4n) is 4.30. The van der Waals surface area contributed by atoms with E-state index in [0.29, 0.717) is 17.0 Å². The number of carbonyl (C=O) groups is 2. The number of fused-ring (bicyclic) bond motifs is 1. The molecule has 0 saturated carbocycles. The lowest BCUT2D eigenvalue weighted by molar-refractivity contribution is -0.132. The first kappa shape index (κ1) is 21.6. The van der Waals surface area contributed by atoms with Gasteiger partial charge in [0.25, 0.3) is 0 Å². The van der Waals surface area contributed by atoms with Crippen LogP contribution in [0.5, 0.6) is 0 Å². The maximum Gasteiger partial charge on any atom is 0.338 e. The highest BCUT2D eigenvalue weighted by molar-refractivity contribution is 6.32. The van der Waals surface area contributed by atoms with Crippen molar-refractivity contribution in [2.24, 2.45) is 0 Å². The highest BCUT2D eigenvalue weighted by Gasteiger charge is 2.26. The normalized spacial score (nSPS) is 16.0. The fraction of sp³-hybridized carbons (Fsp3) is 0.333. The van der Waals surface area contributed by atoms with Gasteiger partial charge in [0.05, 0.1) is 22.7 Å². The van der Waals surface area contributed by atoms with Crippen molar-refractivity contribution in [1.29, 1.82) is 0 Å². The first-order valence-corrected chi connectivity index (χ1v) is 11.4. The molecule has 9 heteroatoms. The number of piperazine rings is 1. The number of ether oxygens (including phenoxy) is 1. The Hall–Kier alpha value is -3.23. The fourth-order valence-corrected chi connectivity index (χ4v) is 4.62. The second kappa shape index (κ2) is 9.33. The third-order valence-corrected chi connectivity index (χ3v) is 6.76. The molecule has 2 aromatic carbocycles. The number of esters is 1. The van der Waals surface area contributed by atoms with Crippen molar-refractivity contribution in [2.75, 3.05) is 32.7 Å². The third kappa shape index (κ3) is 4.62. The third-order valence-electron chi connectivity index (χ3n) is 6.29. The maximum atomic E-state index is 12.8. The van der Waals surface area contributed by atoms with Crippen molar-refractivity contribution in [1.82, 2.24) is 24.6 Å². The molecule has 0 unspecified atom stereocenters. The van der Waals surface area contributed by atoms with Crippen molar-refractivity contribution < 1.29 is 14.3 Å². The standard InChI is InChI=1S/C24H24ClN5O3/c25-23-18(3-6-20-21(23)14-33-24(20)32)7-8-28-9-11-29(12-10-28)22(31)13-17-1-4-19(5-2-17)30-16-26-15-27-30/h1-6,15-16H,7-14H2. The molecule has 1 saturated heterocycles. The molecule has 3 aromatic rings. The Morgan fingerprint density at radius 2 is 1.85 bits per heavy atom. The molecule has 2 aliphatic rings. The van der Waals surface area contributed by atoms with Crippen LogP contribution in [-0.4, -0.2) is 69.2 Å². The van der Waals surface area contributed by atoms with E-state index < -0.39 is 0 Å². The highest BCUT2D eigenvalue weighted by atomic mass is 35.5. The van der Waals surface area contributed by atoms with Crippen molar-refractivity contribution in [3.05, 3.63) is 76.3 Å². The smallest absolute Gasteiger partial charge is 0.338 e. The van der Waals surface area contributed by atoms with Crippen molar-refractivity contribution in [3.8, 4) is 5.69 Å². The Bertz CT molecular complexity index is 1160. The van der Waals surface area contributed by atoms with E-state index in [4.69, 9.17) is 16.3 Å². The SMILES string of the molecule is O=C1OCc2c1ccc(CCN1CCN(C(=O)Cc3ccc(-n4cncn4)cc3)CC1)c2Cl. The van der Waals surface area contributed by atoms with E-state index in [-0.39, 0.29) is 18.5 Å². The van der Waals surface area contributed by atoms with Crippen molar-refractivity contribution in [2.45, 2.75) is 19.4 Å². The molecular formula is C24H24ClN5O3. The molecule has 2 aliphatic heterocycles. The van der Waals surface area contributed by atoms with Gasteiger partial charge in [-0.3, -0.25) is 9.69 Å². The van der Waals surface area contributed by atoms with Gasteiger partial charge in [-0.25, -0.2) is 14.5 Å². The summed E-state index contributed by atoms with van der Waals surface area (Å²) >= 11 is 6.51. The number of nitrogens with zero attached hydrogens (tertiary/aromatic N) is 5. The summed E-state index contributed by atoms with van der Waals surface area (Å²) in [5.74, 6) is -0.153. The molecule has 1 aromatic heterocycles. The molecule has 1 amide bonds. The lowest BCUT2D eigenvalue weighted by Crippen LogP contribution is -2.49. The quantitative estimate of drug-likeness (QED) is 0.520. The summed E-state index contributed by atoms with van der Waals surface area (Å²) in [6.07, 6.45) is 4.33. The van der Waals surface area contributed by atoms with Gasteiger partial charge in [0.2, 0.25) is 5.91 Å². The van der Waals surface area contributed by atoms with E-state index in [0.717, 1.165) is 61.5 Å². The van der Waals surface area contributed by atoms with Crippen molar-refractivity contribution >= 4 is 23.5 Å². The van der Waals surface area contributed by atoms with Crippen LogP contribution in [0.25, 0.3) is 5.69 Å². The van der Waals surface area contributed by atoms with Gasteiger partial charge >= 0.3 is 5.97 Å². The Balaban J connectivity index is 1.10. The zero-order valence-electron chi connectivity index (χ0n) is 18.1. The molecular weight excluding hydrogens is 442 g/mol. The molecule has 1 fully saturated rings. The minimum Gasteiger partial charge on any atom is -0.457 e. The second-order valence-electron chi connectivity index (χ2n) is 8.30. The second-order valence-corrected chi connectivity index (χ2v) is 8.67. The number of hydrogen-bond acceptors (Lipinski definition) is 6. The number of benzene rings is 2. The van der Waals surface area contributed by atoms with Gasteiger partial charge in [-0.05, 0) is 35.7 Å². The summed E-state index contributed by atoms with van der Waals surface area (Å²) in [5.41, 5.74) is 4.30. The summed E-state index contributed by atoms with van der Waals surface area (Å²) in [6.45, 7) is 4.22. The van der Waals surface area contributed by atoms with Gasteiger partial charge in [-0.1, -0.05) is 29.8 Å². The van der Waals surface area contributed by atoms with E-state index in [2.05, 4.69) is 15.0 Å². The van der Waals surface area contributed by atoms with Crippen LogP contribution in [0.1, 0.15) is 27.0 Å². The van der Waals surface area contributed by atoms with E-state index >= 15 is 0 Å². The average molecular weight is 466 g/mol. The largest absolute Gasteiger partial charge is 0.457 e.